The van der Waals surface area contributed by atoms with Gasteiger partial charge < -0.3 is 15.3 Å². The first-order chi connectivity index (χ1) is 7.08. The van der Waals surface area contributed by atoms with Crippen LogP contribution in [0.25, 0.3) is 0 Å². The fourth-order valence-corrected chi connectivity index (χ4v) is 2.55. The second-order valence-corrected chi connectivity index (χ2v) is 4.55. The van der Waals surface area contributed by atoms with Crippen LogP contribution in [0, 0.1) is 11.8 Å². The van der Waals surface area contributed by atoms with Gasteiger partial charge in [-0.25, -0.2) is 0 Å². The van der Waals surface area contributed by atoms with Gasteiger partial charge in [-0.05, 0) is 32.4 Å². The van der Waals surface area contributed by atoms with Gasteiger partial charge in [-0.2, -0.15) is 0 Å². The number of amides is 1. The molecule has 0 saturated carbocycles. The van der Waals surface area contributed by atoms with E-state index in [2.05, 4.69) is 10.2 Å². The number of likely N-dealkylation sites (tertiary alicyclic amines) is 1. The molecule has 2 saturated heterocycles. The number of fused-ring (bicyclic) bond motifs is 1. The summed E-state index contributed by atoms with van der Waals surface area (Å²) in [6, 6.07) is 0.185. The third-order valence-electron chi connectivity index (χ3n) is 3.42. The van der Waals surface area contributed by atoms with Crippen LogP contribution in [0.1, 0.15) is 12.8 Å². The van der Waals surface area contributed by atoms with E-state index in [4.69, 9.17) is 5.11 Å². The van der Waals surface area contributed by atoms with E-state index in [1.165, 1.54) is 0 Å². The quantitative estimate of drug-likeness (QED) is 0.576. The van der Waals surface area contributed by atoms with Crippen molar-refractivity contribution in [3.8, 4) is 0 Å². The molecule has 3 unspecified atom stereocenters. The maximum absolute atomic E-state index is 11.5. The summed E-state index contributed by atoms with van der Waals surface area (Å²) in [5, 5.41) is 11.7. The zero-order valence-electron chi connectivity index (χ0n) is 8.77. The Balaban J connectivity index is 2.07. The maximum Gasteiger partial charge on any atom is 0.316 e. The van der Waals surface area contributed by atoms with Crippen LogP contribution in [0.3, 0.4) is 0 Å². The second kappa shape index (κ2) is 3.81. The predicted octanol–water partition coefficient (Wildman–Crippen LogP) is -0.473. The first kappa shape index (κ1) is 10.4. The van der Waals surface area contributed by atoms with E-state index in [1.54, 1.807) is 0 Å². The van der Waals surface area contributed by atoms with E-state index >= 15 is 0 Å². The number of carboxylic acid groups (broad SMARTS) is 1. The van der Waals surface area contributed by atoms with Crippen LogP contribution >= 0.6 is 0 Å². The molecule has 5 heteroatoms. The zero-order valence-corrected chi connectivity index (χ0v) is 8.77. The van der Waals surface area contributed by atoms with Crippen molar-refractivity contribution in [1.29, 1.82) is 0 Å². The molecule has 0 aromatic rings. The first-order valence-corrected chi connectivity index (χ1v) is 5.29. The lowest BCUT2D eigenvalue weighted by Crippen LogP contribution is -2.57. The third kappa shape index (κ3) is 1.97. The number of piperidine rings is 2. The van der Waals surface area contributed by atoms with Crippen molar-refractivity contribution in [2.45, 2.75) is 18.9 Å². The molecule has 2 rings (SSSR count). The Kier molecular flexibility index (Phi) is 2.65. The minimum Gasteiger partial charge on any atom is -0.481 e. The van der Waals surface area contributed by atoms with Crippen molar-refractivity contribution in [2.75, 3.05) is 20.1 Å². The summed E-state index contributed by atoms with van der Waals surface area (Å²) in [4.78, 5) is 24.5. The third-order valence-corrected chi connectivity index (χ3v) is 3.42. The molecule has 3 atom stereocenters. The van der Waals surface area contributed by atoms with E-state index in [-0.39, 0.29) is 11.9 Å². The van der Waals surface area contributed by atoms with Crippen LogP contribution < -0.4 is 5.32 Å². The molecule has 1 amide bonds. The average molecular weight is 212 g/mol. The fraction of sp³-hybridized carbons (Fsp3) is 0.800. The minimum atomic E-state index is -1.00. The topological polar surface area (TPSA) is 69.6 Å². The monoisotopic (exact) mass is 212 g/mol. The van der Waals surface area contributed by atoms with Crippen LogP contribution in [0.4, 0.5) is 0 Å². The Morgan fingerprint density at radius 1 is 1.60 bits per heavy atom. The summed E-state index contributed by atoms with van der Waals surface area (Å²) in [6.45, 7) is 1.86. The number of carbonyl (C=O) groups is 2. The summed E-state index contributed by atoms with van der Waals surface area (Å²) in [6.07, 6.45) is 1.41. The molecule has 0 spiro atoms. The van der Waals surface area contributed by atoms with Gasteiger partial charge in [-0.1, -0.05) is 0 Å². The molecule has 2 aliphatic heterocycles. The van der Waals surface area contributed by atoms with E-state index < -0.39 is 11.9 Å². The lowest BCUT2D eigenvalue weighted by Gasteiger charge is -2.41. The van der Waals surface area contributed by atoms with Gasteiger partial charge in [0, 0.05) is 12.6 Å². The van der Waals surface area contributed by atoms with Gasteiger partial charge in [0.2, 0.25) is 5.91 Å². The smallest absolute Gasteiger partial charge is 0.316 e. The van der Waals surface area contributed by atoms with Crippen molar-refractivity contribution in [1.82, 2.24) is 10.2 Å². The number of carboxylic acids is 1. The number of hydrogen-bond donors (Lipinski definition) is 2. The van der Waals surface area contributed by atoms with Gasteiger partial charge in [-0.3, -0.25) is 9.59 Å². The van der Waals surface area contributed by atoms with Gasteiger partial charge in [0.05, 0.1) is 0 Å². The molecular weight excluding hydrogens is 196 g/mol. The number of hydrogen-bond acceptors (Lipinski definition) is 3. The van der Waals surface area contributed by atoms with Crippen molar-refractivity contribution >= 4 is 11.9 Å². The van der Waals surface area contributed by atoms with Gasteiger partial charge in [0.25, 0.3) is 0 Å². The summed E-state index contributed by atoms with van der Waals surface area (Å²) in [5.74, 6) is -1.87. The standard InChI is InChI=1S/C10H16N2O3/c1-12-3-2-8-6(5-12)4-7(10(14)15)9(13)11-8/h6-8H,2-5H2,1H3,(H,11,13)(H,14,15). The molecular formula is C10H16N2O3. The molecule has 0 aliphatic carbocycles. The first-order valence-electron chi connectivity index (χ1n) is 5.29. The van der Waals surface area contributed by atoms with Crippen LogP contribution in [0.15, 0.2) is 0 Å². The van der Waals surface area contributed by atoms with E-state index in [9.17, 15) is 9.59 Å². The van der Waals surface area contributed by atoms with Crippen LogP contribution in [-0.4, -0.2) is 48.1 Å². The number of carbonyl (C=O) groups excluding carboxylic acids is 1. The zero-order chi connectivity index (χ0) is 11.0. The molecule has 2 fully saturated rings. The van der Waals surface area contributed by atoms with Gasteiger partial charge in [0.1, 0.15) is 5.92 Å². The summed E-state index contributed by atoms with van der Waals surface area (Å²) >= 11 is 0. The molecule has 0 aromatic carbocycles. The van der Waals surface area contributed by atoms with E-state index in [0.29, 0.717) is 12.3 Å². The maximum atomic E-state index is 11.5. The molecule has 0 bridgehead atoms. The molecule has 5 nitrogen and oxygen atoms in total. The van der Waals surface area contributed by atoms with Crippen LogP contribution in [0.5, 0.6) is 0 Å². The Morgan fingerprint density at radius 3 is 3.00 bits per heavy atom. The molecule has 0 radical (unpaired) electrons. The summed E-state index contributed by atoms with van der Waals surface area (Å²) < 4.78 is 0. The minimum absolute atomic E-state index is 0.185. The second-order valence-electron chi connectivity index (χ2n) is 4.55. The molecule has 84 valence electrons. The Bertz CT molecular complexity index is 292. The lowest BCUT2D eigenvalue weighted by atomic mass is 9.80. The van der Waals surface area contributed by atoms with Crippen molar-refractivity contribution in [3.05, 3.63) is 0 Å². The van der Waals surface area contributed by atoms with Crippen molar-refractivity contribution in [2.24, 2.45) is 11.8 Å². The fourth-order valence-electron chi connectivity index (χ4n) is 2.55. The normalized spacial score (nSPS) is 36.9. The van der Waals surface area contributed by atoms with Gasteiger partial charge in [0.15, 0.2) is 0 Å². The predicted molar refractivity (Wildman–Crippen MR) is 53.3 cm³/mol. The summed E-state index contributed by atoms with van der Waals surface area (Å²) in [7, 11) is 2.03. The largest absolute Gasteiger partial charge is 0.481 e. The van der Waals surface area contributed by atoms with E-state index in [0.717, 1.165) is 19.5 Å². The molecule has 15 heavy (non-hydrogen) atoms. The Morgan fingerprint density at radius 2 is 2.33 bits per heavy atom. The van der Waals surface area contributed by atoms with Gasteiger partial charge in [-0.15, -0.1) is 0 Å². The molecule has 2 aliphatic rings. The molecule has 2 N–H and O–H groups in total. The van der Waals surface area contributed by atoms with Crippen LogP contribution in [-0.2, 0) is 9.59 Å². The van der Waals surface area contributed by atoms with Gasteiger partial charge >= 0.3 is 5.97 Å². The van der Waals surface area contributed by atoms with E-state index in [1.807, 2.05) is 7.05 Å². The highest BCUT2D eigenvalue weighted by atomic mass is 16.4. The highest BCUT2D eigenvalue weighted by Gasteiger charge is 2.41. The number of rotatable bonds is 1. The van der Waals surface area contributed by atoms with Crippen molar-refractivity contribution < 1.29 is 14.7 Å². The Labute approximate surface area is 88.4 Å². The molecule has 0 aromatic heterocycles. The average Bonchev–Trinajstić information content (AvgIpc) is 2.17. The highest BCUT2D eigenvalue weighted by molar-refractivity contribution is 5.97. The lowest BCUT2D eigenvalue weighted by molar-refractivity contribution is -0.150. The van der Waals surface area contributed by atoms with Crippen molar-refractivity contribution in [3.63, 3.8) is 0 Å². The number of nitrogens with zero attached hydrogens (tertiary/aromatic N) is 1. The Hall–Kier alpha value is -1.10. The molecule has 2 heterocycles. The van der Waals surface area contributed by atoms with Crippen LogP contribution in [0.2, 0.25) is 0 Å². The SMILES string of the molecule is CN1CCC2NC(=O)C(C(=O)O)CC2C1. The number of nitrogens with one attached hydrogen (secondary N) is 1. The number of aliphatic carboxylic acids is 1. The summed E-state index contributed by atoms with van der Waals surface area (Å²) in [5.41, 5.74) is 0. The highest BCUT2D eigenvalue weighted by Crippen LogP contribution is 2.27.